The number of nitrogens with zero attached hydrogens (tertiary/aromatic N) is 1. The normalized spacial score (nSPS) is 28.2. The first-order chi connectivity index (χ1) is 9.20. The highest BCUT2D eigenvalue weighted by Crippen LogP contribution is 2.37. The average Bonchev–Trinajstić information content (AvgIpc) is 3.01. The van der Waals surface area contributed by atoms with E-state index in [1.54, 1.807) is 21.3 Å². The van der Waals surface area contributed by atoms with E-state index in [0.29, 0.717) is 0 Å². The van der Waals surface area contributed by atoms with Gasteiger partial charge in [-0.3, -0.25) is 4.90 Å². The highest BCUT2D eigenvalue weighted by Gasteiger charge is 2.49. The summed E-state index contributed by atoms with van der Waals surface area (Å²) in [6.07, 6.45) is 12.4. The summed E-state index contributed by atoms with van der Waals surface area (Å²) < 4.78 is 16.9. The molecular formula is C14H25NO3Si. The first-order valence-corrected chi connectivity index (χ1v) is 8.88. The van der Waals surface area contributed by atoms with Gasteiger partial charge in [0.25, 0.3) is 0 Å². The summed E-state index contributed by atoms with van der Waals surface area (Å²) in [5, 5.41) is 0. The molecular weight excluding hydrogens is 258 g/mol. The van der Waals surface area contributed by atoms with Crippen molar-refractivity contribution < 1.29 is 13.3 Å². The van der Waals surface area contributed by atoms with Crippen LogP contribution in [0.1, 0.15) is 19.3 Å². The molecule has 1 unspecified atom stereocenters. The number of allylic oxidation sites excluding steroid dienone is 2. The smallest absolute Gasteiger partial charge is 0.377 e. The number of rotatable bonds is 6. The molecule has 0 radical (unpaired) electrons. The Morgan fingerprint density at radius 2 is 1.68 bits per heavy atom. The molecule has 1 fully saturated rings. The van der Waals surface area contributed by atoms with E-state index in [-0.39, 0.29) is 5.54 Å². The molecule has 2 aliphatic rings. The maximum absolute atomic E-state index is 5.63. The van der Waals surface area contributed by atoms with Gasteiger partial charge in [-0.15, -0.1) is 0 Å². The zero-order valence-electron chi connectivity index (χ0n) is 12.2. The van der Waals surface area contributed by atoms with Gasteiger partial charge >= 0.3 is 8.80 Å². The summed E-state index contributed by atoms with van der Waals surface area (Å²) in [4.78, 5) is 2.56. The van der Waals surface area contributed by atoms with Gasteiger partial charge in [0, 0.05) is 32.9 Å². The number of likely N-dealkylation sites (tertiary alicyclic amines) is 1. The zero-order valence-corrected chi connectivity index (χ0v) is 13.2. The third kappa shape index (κ3) is 3.00. The van der Waals surface area contributed by atoms with Crippen LogP contribution < -0.4 is 0 Å². The van der Waals surface area contributed by atoms with Crippen molar-refractivity contribution in [1.82, 2.24) is 4.90 Å². The summed E-state index contributed by atoms with van der Waals surface area (Å²) in [5.41, 5.74) is -0.000494. The molecule has 0 amide bonds. The molecule has 1 aliphatic heterocycles. The first kappa shape index (κ1) is 14.9. The van der Waals surface area contributed by atoms with Crippen molar-refractivity contribution in [3.63, 3.8) is 0 Å². The van der Waals surface area contributed by atoms with Crippen LogP contribution in [0.3, 0.4) is 0 Å². The summed E-state index contributed by atoms with van der Waals surface area (Å²) in [7, 11) is 2.51. The SMILES string of the molecule is CO[Si](CC1(N2CCCC2)C=CC=CC1)(OC)OC. The summed E-state index contributed by atoms with van der Waals surface area (Å²) in [5.74, 6) is 0. The number of hydrogen-bond acceptors (Lipinski definition) is 4. The Morgan fingerprint density at radius 1 is 1.05 bits per heavy atom. The van der Waals surface area contributed by atoms with Crippen LogP contribution in [0, 0.1) is 0 Å². The molecule has 1 saturated heterocycles. The van der Waals surface area contributed by atoms with E-state index in [4.69, 9.17) is 13.3 Å². The standard InChI is InChI=1S/C14H25NO3Si/c1-16-19(17-2,18-3)13-14(9-5-4-6-10-14)15-11-7-8-12-15/h4-6,9H,7-8,10-13H2,1-3H3. The second-order valence-corrected chi connectivity index (χ2v) is 8.21. The van der Waals surface area contributed by atoms with Gasteiger partial charge in [0.05, 0.1) is 0 Å². The van der Waals surface area contributed by atoms with Crippen LogP contribution in [-0.2, 0) is 13.3 Å². The van der Waals surface area contributed by atoms with Crippen LogP contribution in [0.2, 0.25) is 6.04 Å². The fourth-order valence-corrected chi connectivity index (χ4v) is 5.30. The highest BCUT2D eigenvalue weighted by molar-refractivity contribution is 6.61. The van der Waals surface area contributed by atoms with Crippen molar-refractivity contribution in [3.8, 4) is 0 Å². The molecule has 108 valence electrons. The molecule has 19 heavy (non-hydrogen) atoms. The Hall–Kier alpha value is -0.463. The second kappa shape index (κ2) is 6.32. The largest absolute Gasteiger partial charge is 0.502 e. The molecule has 0 aromatic carbocycles. The van der Waals surface area contributed by atoms with Crippen LogP contribution in [0.5, 0.6) is 0 Å². The minimum Gasteiger partial charge on any atom is -0.377 e. The van der Waals surface area contributed by atoms with Crippen molar-refractivity contribution in [1.29, 1.82) is 0 Å². The molecule has 4 nitrogen and oxygen atoms in total. The molecule has 1 atom stereocenters. The molecule has 0 bridgehead atoms. The van der Waals surface area contributed by atoms with Crippen LogP contribution in [0.15, 0.2) is 24.3 Å². The minimum atomic E-state index is -2.57. The van der Waals surface area contributed by atoms with Crippen molar-refractivity contribution in [3.05, 3.63) is 24.3 Å². The van der Waals surface area contributed by atoms with Crippen molar-refractivity contribution in [2.24, 2.45) is 0 Å². The van der Waals surface area contributed by atoms with Gasteiger partial charge in [0.2, 0.25) is 0 Å². The van der Waals surface area contributed by atoms with E-state index in [2.05, 4.69) is 29.2 Å². The predicted molar refractivity (Wildman–Crippen MR) is 78.0 cm³/mol. The molecule has 0 N–H and O–H groups in total. The van der Waals surface area contributed by atoms with Crippen LogP contribution in [-0.4, -0.2) is 53.7 Å². The molecule has 5 heteroatoms. The van der Waals surface area contributed by atoms with Gasteiger partial charge in [-0.05, 0) is 32.4 Å². The number of hydrogen-bond donors (Lipinski definition) is 0. The maximum atomic E-state index is 5.63. The minimum absolute atomic E-state index is 0.000494. The fraction of sp³-hybridized carbons (Fsp3) is 0.714. The third-order valence-corrected chi connectivity index (χ3v) is 7.23. The van der Waals surface area contributed by atoms with Gasteiger partial charge in [0.15, 0.2) is 0 Å². The molecule has 1 aliphatic carbocycles. The second-order valence-electron chi connectivity index (χ2n) is 5.26. The van der Waals surface area contributed by atoms with Crippen molar-refractivity contribution in [2.45, 2.75) is 30.8 Å². The molecule has 2 rings (SSSR count). The molecule has 1 heterocycles. The van der Waals surface area contributed by atoms with Crippen LogP contribution in [0.25, 0.3) is 0 Å². The molecule has 0 saturated carbocycles. The molecule has 0 aromatic heterocycles. The Bertz CT molecular complexity index is 340. The Labute approximate surface area is 117 Å². The topological polar surface area (TPSA) is 30.9 Å². The van der Waals surface area contributed by atoms with Gasteiger partial charge in [0.1, 0.15) is 0 Å². The van der Waals surface area contributed by atoms with Crippen LogP contribution >= 0.6 is 0 Å². The lowest BCUT2D eigenvalue weighted by Crippen LogP contribution is -2.55. The lowest BCUT2D eigenvalue weighted by atomic mass is 9.91. The van der Waals surface area contributed by atoms with Crippen molar-refractivity contribution >= 4 is 8.80 Å². The van der Waals surface area contributed by atoms with Crippen LogP contribution in [0.4, 0.5) is 0 Å². The molecule has 0 spiro atoms. The van der Waals surface area contributed by atoms with Gasteiger partial charge in [-0.2, -0.15) is 0 Å². The van der Waals surface area contributed by atoms with E-state index < -0.39 is 8.80 Å². The van der Waals surface area contributed by atoms with Gasteiger partial charge in [-0.1, -0.05) is 24.3 Å². The fourth-order valence-electron chi connectivity index (χ4n) is 3.13. The zero-order chi connectivity index (χ0) is 13.8. The first-order valence-electron chi connectivity index (χ1n) is 6.95. The van der Waals surface area contributed by atoms with E-state index >= 15 is 0 Å². The lowest BCUT2D eigenvalue weighted by Gasteiger charge is -2.43. The summed E-state index contributed by atoms with van der Waals surface area (Å²) in [6, 6.07) is 0.810. The Kier molecular flexibility index (Phi) is 4.97. The van der Waals surface area contributed by atoms with E-state index in [1.165, 1.54) is 12.8 Å². The van der Waals surface area contributed by atoms with E-state index in [9.17, 15) is 0 Å². The van der Waals surface area contributed by atoms with Crippen molar-refractivity contribution in [2.75, 3.05) is 34.4 Å². The Balaban J connectivity index is 2.23. The predicted octanol–water partition coefficient (Wildman–Crippen LogP) is 2.22. The highest BCUT2D eigenvalue weighted by atomic mass is 28.4. The maximum Gasteiger partial charge on any atom is 0.502 e. The lowest BCUT2D eigenvalue weighted by molar-refractivity contribution is 0.0939. The Morgan fingerprint density at radius 3 is 2.16 bits per heavy atom. The van der Waals surface area contributed by atoms with E-state index in [1.807, 2.05) is 0 Å². The third-order valence-electron chi connectivity index (χ3n) is 4.32. The van der Waals surface area contributed by atoms with Gasteiger partial charge < -0.3 is 13.3 Å². The van der Waals surface area contributed by atoms with E-state index in [0.717, 1.165) is 25.6 Å². The quantitative estimate of drug-likeness (QED) is 0.699. The van der Waals surface area contributed by atoms with Gasteiger partial charge in [-0.25, -0.2) is 0 Å². The monoisotopic (exact) mass is 283 g/mol. The summed E-state index contributed by atoms with van der Waals surface area (Å²) in [6.45, 7) is 2.31. The molecule has 0 aromatic rings. The summed E-state index contributed by atoms with van der Waals surface area (Å²) >= 11 is 0. The average molecular weight is 283 g/mol.